The number of rotatable bonds is 3. The standard InChI is InChI=1S/C24H25N7O2/c1-14-12-17(15(2)31(14)19-11-7-9-16-8-5-6-10-18(16)19)13-25-28-23-26-20-21(27-23)29(3)24(33)30(4)22(20)32/h5-13,20-21H,1-4H3,(H2,26,27,28)/b25-13-/t20-,21+/m1/s1. The number of guanidine groups is 1. The highest BCUT2D eigenvalue weighted by molar-refractivity contribution is 6.03. The van der Waals surface area contributed by atoms with Crippen molar-refractivity contribution in [3.63, 3.8) is 0 Å². The molecular formula is C24H25N7O2. The number of likely N-dealkylation sites (N-methyl/N-ethyl adjacent to an activating group) is 2. The average molecular weight is 444 g/mol. The van der Waals surface area contributed by atoms with Crippen LogP contribution in [0.1, 0.15) is 17.0 Å². The lowest BCUT2D eigenvalue weighted by molar-refractivity contribution is -0.133. The molecule has 2 aliphatic heterocycles. The summed E-state index contributed by atoms with van der Waals surface area (Å²) in [6.07, 6.45) is 1.15. The Morgan fingerprint density at radius 2 is 1.85 bits per heavy atom. The minimum atomic E-state index is -0.619. The molecule has 33 heavy (non-hydrogen) atoms. The molecule has 168 valence electrons. The molecule has 2 N–H and O–H groups in total. The molecule has 0 saturated carbocycles. The maximum absolute atomic E-state index is 12.4. The van der Waals surface area contributed by atoms with E-state index in [1.54, 1.807) is 13.3 Å². The van der Waals surface area contributed by atoms with Crippen LogP contribution in [0.15, 0.2) is 58.6 Å². The molecule has 3 amide bonds. The summed E-state index contributed by atoms with van der Waals surface area (Å²) < 4.78 is 2.22. The number of hydrogen-bond acceptors (Lipinski definition) is 6. The summed E-state index contributed by atoms with van der Waals surface area (Å²) in [6, 6.07) is 15.7. The molecule has 1 saturated heterocycles. The van der Waals surface area contributed by atoms with Crippen molar-refractivity contribution in [3.8, 4) is 5.69 Å². The van der Waals surface area contributed by atoms with Crippen molar-refractivity contribution in [2.24, 2.45) is 10.1 Å². The van der Waals surface area contributed by atoms with Gasteiger partial charge in [0.25, 0.3) is 5.91 Å². The Hall–Kier alpha value is -4.14. The van der Waals surface area contributed by atoms with Crippen LogP contribution in [0.5, 0.6) is 0 Å². The van der Waals surface area contributed by atoms with Crippen molar-refractivity contribution in [1.29, 1.82) is 0 Å². The number of urea groups is 1. The lowest BCUT2D eigenvalue weighted by Crippen LogP contribution is -2.63. The van der Waals surface area contributed by atoms with E-state index in [9.17, 15) is 9.59 Å². The number of aryl methyl sites for hydroxylation is 1. The molecule has 0 spiro atoms. The monoisotopic (exact) mass is 443 g/mol. The van der Waals surface area contributed by atoms with E-state index in [1.165, 1.54) is 22.7 Å². The number of carbonyl (C=O) groups is 2. The number of hydrogen-bond donors (Lipinski definition) is 2. The molecule has 9 heteroatoms. The number of nitrogens with one attached hydrogen (secondary N) is 2. The summed E-state index contributed by atoms with van der Waals surface area (Å²) in [7, 11) is 3.09. The fourth-order valence-electron chi connectivity index (χ4n) is 4.53. The molecule has 3 aromatic rings. The lowest BCUT2D eigenvalue weighted by atomic mass is 10.1. The smallest absolute Gasteiger partial charge is 0.328 e. The molecule has 0 bridgehead atoms. The maximum Gasteiger partial charge on any atom is 0.328 e. The molecule has 9 nitrogen and oxygen atoms in total. The molecular weight excluding hydrogens is 418 g/mol. The second-order valence-corrected chi connectivity index (χ2v) is 8.33. The van der Waals surface area contributed by atoms with Crippen LogP contribution in [0.3, 0.4) is 0 Å². The summed E-state index contributed by atoms with van der Waals surface area (Å²) in [5.74, 6) is 0.0404. The molecule has 0 unspecified atom stereocenters. The van der Waals surface area contributed by atoms with Gasteiger partial charge >= 0.3 is 6.03 Å². The number of amides is 3. The van der Waals surface area contributed by atoms with Crippen LogP contribution in [-0.4, -0.2) is 64.8 Å². The predicted octanol–water partition coefficient (Wildman–Crippen LogP) is 2.35. The van der Waals surface area contributed by atoms with Crippen LogP contribution in [-0.2, 0) is 4.79 Å². The number of imide groups is 1. The quantitative estimate of drug-likeness (QED) is 0.480. The maximum atomic E-state index is 12.4. The third-order valence-electron chi connectivity index (χ3n) is 6.29. The van der Waals surface area contributed by atoms with Gasteiger partial charge in [0.1, 0.15) is 6.04 Å². The fraction of sp³-hybridized carbons (Fsp3) is 0.250. The second kappa shape index (κ2) is 7.77. The van der Waals surface area contributed by atoms with Crippen LogP contribution in [0, 0.1) is 13.8 Å². The average Bonchev–Trinajstić information content (AvgIpc) is 3.37. The van der Waals surface area contributed by atoms with Gasteiger partial charge in [-0.15, -0.1) is 0 Å². The first-order valence-electron chi connectivity index (χ1n) is 10.7. The van der Waals surface area contributed by atoms with E-state index >= 15 is 0 Å². The van der Waals surface area contributed by atoms with Crippen molar-refractivity contribution in [3.05, 3.63) is 65.5 Å². The highest BCUT2D eigenvalue weighted by Crippen LogP contribution is 2.27. The van der Waals surface area contributed by atoms with E-state index in [0.29, 0.717) is 5.96 Å². The van der Waals surface area contributed by atoms with Gasteiger partial charge in [0, 0.05) is 36.4 Å². The minimum absolute atomic E-state index is 0.314. The van der Waals surface area contributed by atoms with Gasteiger partial charge in [-0.05, 0) is 31.4 Å². The zero-order chi connectivity index (χ0) is 23.3. The van der Waals surface area contributed by atoms with Crippen LogP contribution in [0.4, 0.5) is 4.79 Å². The molecule has 5 rings (SSSR count). The van der Waals surface area contributed by atoms with Crippen molar-refractivity contribution in [2.75, 3.05) is 14.1 Å². The summed E-state index contributed by atoms with van der Waals surface area (Å²) in [4.78, 5) is 31.5. The number of fused-ring (bicyclic) bond motifs is 2. The highest BCUT2D eigenvalue weighted by atomic mass is 16.2. The number of nitrogens with zero attached hydrogens (tertiary/aromatic N) is 5. The Morgan fingerprint density at radius 3 is 2.67 bits per heavy atom. The molecule has 1 aromatic heterocycles. The summed E-state index contributed by atoms with van der Waals surface area (Å²) in [5.41, 5.74) is 7.12. The van der Waals surface area contributed by atoms with Gasteiger partial charge in [-0.3, -0.25) is 9.69 Å². The summed E-state index contributed by atoms with van der Waals surface area (Å²) >= 11 is 0. The van der Waals surface area contributed by atoms with E-state index in [-0.39, 0.29) is 11.9 Å². The van der Waals surface area contributed by atoms with Crippen molar-refractivity contribution >= 4 is 34.9 Å². The van der Waals surface area contributed by atoms with Crippen LogP contribution < -0.4 is 10.7 Å². The summed E-state index contributed by atoms with van der Waals surface area (Å²) in [6.45, 7) is 4.13. The van der Waals surface area contributed by atoms with Crippen LogP contribution >= 0.6 is 0 Å². The van der Waals surface area contributed by atoms with Gasteiger partial charge in [-0.25, -0.2) is 15.2 Å². The first-order valence-corrected chi connectivity index (χ1v) is 10.7. The Bertz CT molecular complexity index is 1330. The summed E-state index contributed by atoms with van der Waals surface area (Å²) in [5, 5.41) is 9.73. The van der Waals surface area contributed by atoms with E-state index < -0.39 is 12.2 Å². The minimum Gasteiger partial charge on any atom is -0.340 e. The number of benzene rings is 2. The van der Waals surface area contributed by atoms with Crippen molar-refractivity contribution in [1.82, 2.24) is 25.1 Å². The molecule has 0 aliphatic carbocycles. The van der Waals surface area contributed by atoms with Crippen molar-refractivity contribution in [2.45, 2.75) is 26.1 Å². The highest BCUT2D eigenvalue weighted by Gasteiger charge is 2.46. The molecule has 1 fully saturated rings. The first-order chi connectivity index (χ1) is 15.9. The van der Waals surface area contributed by atoms with E-state index in [2.05, 4.69) is 75.6 Å². The molecule has 2 atom stereocenters. The van der Waals surface area contributed by atoms with Gasteiger partial charge in [-0.1, -0.05) is 36.4 Å². The first kappa shape index (κ1) is 20.7. The Morgan fingerprint density at radius 1 is 1.09 bits per heavy atom. The SMILES string of the molecule is Cc1cc(/C=N\NC2=N[C@@H]3[C@@H](N2)C(=O)N(C)C(=O)N3C)c(C)n1-c1cccc2ccccc12. The molecule has 2 aliphatic rings. The Balaban J connectivity index is 1.38. The topological polar surface area (TPSA) is 94.3 Å². The van der Waals surface area contributed by atoms with E-state index in [0.717, 1.165) is 27.5 Å². The third-order valence-corrected chi connectivity index (χ3v) is 6.29. The van der Waals surface area contributed by atoms with Gasteiger partial charge in [0.05, 0.1) is 11.9 Å². The number of hydrazone groups is 1. The molecule has 3 heterocycles. The number of carbonyl (C=O) groups excluding carboxylic acids is 2. The van der Waals surface area contributed by atoms with Crippen LogP contribution in [0.2, 0.25) is 0 Å². The Labute approximate surface area is 191 Å². The van der Waals surface area contributed by atoms with Gasteiger partial charge in [0.15, 0.2) is 6.17 Å². The lowest BCUT2D eigenvalue weighted by Gasteiger charge is -2.36. The van der Waals surface area contributed by atoms with Crippen LogP contribution in [0.25, 0.3) is 16.5 Å². The normalized spacial score (nSPS) is 20.4. The van der Waals surface area contributed by atoms with Gasteiger partial charge < -0.3 is 14.8 Å². The largest absolute Gasteiger partial charge is 0.340 e. The Kier molecular flexibility index (Phi) is 4.88. The van der Waals surface area contributed by atoms with Gasteiger partial charge in [0.2, 0.25) is 5.96 Å². The third kappa shape index (κ3) is 3.32. The number of aromatic nitrogens is 1. The second-order valence-electron chi connectivity index (χ2n) is 8.33. The van der Waals surface area contributed by atoms with E-state index in [4.69, 9.17) is 0 Å². The fourth-order valence-corrected chi connectivity index (χ4v) is 4.53. The van der Waals surface area contributed by atoms with Crippen molar-refractivity contribution < 1.29 is 9.59 Å². The van der Waals surface area contributed by atoms with E-state index in [1.807, 2.05) is 12.1 Å². The zero-order valence-electron chi connectivity index (χ0n) is 18.9. The zero-order valence-corrected chi connectivity index (χ0v) is 18.9. The van der Waals surface area contributed by atoms with Gasteiger partial charge in [-0.2, -0.15) is 5.10 Å². The molecule has 2 aromatic carbocycles. The predicted molar refractivity (Wildman–Crippen MR) is 128 cm³/mol. The molecule has 0 radical (unpaired) electrons. The number of aliphatic imine (C=N–C) groups is 1.